The van der Waals surface area contributed by atoms with Crippen molar-refractivity contribution in [2.24, 2.45) is 5.84 Å². The van der Waals surface area contributed by atoms with Crippen LogP contribution in [-0.4, -0.2) is 5.91 Å². The average molecular weight is 163 g/mol. The van der Waals surface area contributed by atoms with Crippen LogP contribution in [0, 0.1) is 0 Å². The van der Waals surface area contributed by atoms with E-state index in [1.54, 1.807) is 5.41 Å². The third-order valence-corrected chi connectivity index (χ3v) is 2.30. The summed E-state index contributed by atoms with van der Waals surface area (Å²) < 4.78 is 2.76. The molecule has 0 atom stereocenters. The zero-order chi connectivity index (χ0) is 6.69. The van der Waals surface area contributed by atoms with Crippen LogP contribution in [-0.2, 0) is 4.79 Å². The zero-order valence-corrected chi connectivity index (χ0v) is 6.01. The van der Waals surface area contributed by atoms with E-state index in [9.17, 15) is 4.79 Å². The summed E-state index contributed by atoms with van der Waals surface area (Å²) in [6.07, 6.45) is 0. The van der Waals surface area contributed by atoms with E-state index in [-0.39, 0.29) is 5.91 Å². The van der Waals surface area contributed by atoms with E-state index < -0.39 is 0 Å². The van der Waals surface area contributed by atoms with E-state index in [0.29, 0.717) is 5.70 Å². The first-order valence-electron chi connectivity index (χ1n) is 2.14. The van der Waals surface area contributed by atoms with E-state index in [0.717, 1.165) is 0 Å². The van der Waals surface area contributed by atoms with E-state index in [4.69, 9.17) is 5.84 Å². The summed E-state index contributed by atoms with van der Waals surface area (Å²) in [5.41, 5.74) is 2.52. The summed E-state index contributed by atoms with van der Waals surface area (Å²) in [5, 5.41) is 1.70. The molecule has 0 aromatic heterocycles. The van der Waals surface area contributed by atoms with Crippen molar-refractivity contribution in [2.75, 3.05) is 0 Å². The quantitative estimate of drug-likeness (QED) is 0.163. The lowest BCUT2D eigenvalue weighted by atomic mass is 10.5. The summed E-state index contributed by atoms with van der Waals surface area (Å²) in [6, 6.07) is 0. The minimum atomic E-state index is -0.285. The molecule has 1 aliphatic rings. The maximum absolute atomic E-state index is 10.6. The minimum Gasteiger partial charge on any atom is -0.315 e. The average Bonchev–Trinajstić information content (AvgIpc) is 2.37. The monoisotopic (exact) mass is 163 g/mol. The number of hydrogen-bond donors (Lipinski definition) is 3. The van der Waals surface area contributed by atoms with Crippen LogP contribution in [0.1, 0.15) is 0 Å². The number of hydrazine groups is 1. The Bertz CT molecular complexity index is 157. The Balaban J connectivity index is 2.51. The second kappa shape index (κ2) is 3.00. The Morgan fingerprint density at radius 1 is 1.89 bits per heavy atom. The van der Waals surface area contributed by atoms with Gasteiger partial charge in [0.15, 0.2) is 0 Å². The van der Waals surface area contributed by atoms with Crippen LogP contribution in [0.4, 0.5) is 0 Å². The van der Waals surface area contributed by atoms with Gasteiger partial charge in [-0.15, -0.1) is 0 Å². The molecular weight excluding hydrogens is 158 g/mol. The number of hydrogen-bond acceptors (Lipinski definition) is 5. The van der Waals surface area contributed by atoms with Gasteiger partial charge in [-0.3, -0.25) is 10.2 Å². The first-order valence-corrected chi connectivity index (χ1v) is 4.35. The topological polar surface area (TPSA) is 67.1 Å². The molecule has 0 aliphatic carbocycles. The molecule has 1 aliphatic heterocycles. The molecular formula is C3H5N3OS2. The normalized spacial score (nSPS) is 16.3. The van der Waals surface area contributed by atoms with Crippen LogP contribution in [0.15, 0.2) is 11.1 Å². The van der Waals surface area contributed by atoms with Gasteiger partial charge in [0.05, 0.1) is 0 Å². The molecule has 1 amide bonds. The second-order valence-electron chi connectivity index (χ2n) is 1.29. The fraction of sp³-hybridized carbons (Fsp3) is 0. The molecule has 0 aromatic rings. The fourth-order valence-corrected chi connectivity index (χ4v) is 1.86. The molecule has 50 valence electrons. The van der Waals surface area contributed by atoms with Gasteiger partial charge in [-0.25, -0.2) is 5.84 Å². The molecule has 0 spiro atoms. The highest BCUT2D eigenvalue weighted by Crippen LogP contribution is 2.27. The third kappa shape index (κ3) is 1.54. The summed E-state index contributed by atoms with van der Waals surface area (Å²) in [5.74, 6) is 4.57. The fourth-order valence-electron chi connectivity index (χ4n) is 0.343. The number of nitrogens with two attached hydrogens (primary N) is 1. The van der Waals surface area contributed by atoms with Gasteiger partial charge in [0.2, 0.25) is 0 Å². The molecule has 1 heterocycles. The summed E-state index contributed by atoms with van der Waals surface area (Å²) in [6.45, 7) is 0. The Hall–Kier alpha value is -0.330. The van der Waals surface area contributed by atoms with Crippen molar-refractivity contribution in [3.8, 4) is 0 Å². The Kier molecular flexibility index (Phi) is 2.26. The molecule has 0 saturated heterocycles. The summed E-state index contributed by atoms with van der Waals surface area (Å²) in [7, 11) is 2.84. The molecule has 9 heavy (non-hydrogen) atoms. The summed E-state index contributed by atoms with van der Waals surface area (Å²) >= 11 is 0. The number of amides is 1. The van der Waals surface area contributed by atoms with Crippen LogP contribution in [0.25, 0.3) is 0 Å². The predicted molar refractivity (Wildman–Crippen MR) is 38.7 cm³/mol. The van der Waals surface area contributed by atoms with Crippen molar-refractivity contribution in [3.05, 3.63) is 11.1 Å². The van der Waals surface area contributed by atoms with Crippen LogP contribution in [0.3, 0.4) is 0 Å². The van der Waals surface area contributed by atoms with Crippen molar-refractivity contribution in [2.45, 2.75) is 0 Å². The van der Waals surface area contributed by atoms with Crippen LogP contribution < -0.4 is 16.0 Å². The maximum atomic E-state index is 10.6. The van der Waals surface area contributed by atoms with Crippen LogP contribution in [0.5, 0.6) is 0 Å². The number of carbonyl (C=O) groups excluding carboxylic acids is 1. The highest BCUT2D eigenvalue weighted by Gasteiger charge is 2.11. The van der Waals surface area contributed by atoms with Crippen molar-refractivity contribution in [3.63, 3.8) is 0 Å². The first-order chi connectivity index (χ1) is 4.34. The van der Waals surface area contributed by atoms with Crippen molar-refractivity contribution < 1.29 is 4.79 Å². The Morgan fingerprint density at radius 2 is 2.67 bits per heavy atom. The van der Waals surface area contributed by atoms with Gasteiger partial charge >= 0.3 is 0 Å². The lowest BCUT2D eigenvalue weighted by Crippen LogP contribution is -2.33. The largest absolute Gasteiger partial charge is 0.315 e. The third-order valence-electron chi connectivity index (χ3n) is 0.741. The number of rotatable bonds is 1. The molecule has 0 radical (unpaired) electrons. The molecule has 6 heteroatoms. The van der Waals surface area contributed by atoms with Gasteiger partial charge in [-0.1, -0.05) is 0 Å². The van der Waals surface area contributed by atoms with E-state index in [1.165, 1.54) is 21.8 Å². The van der Waals surface area contributed by atoms with Gasteiger partial charge in [-0.05, 0) is 10.8 Å². The smallest absolute Gasteiger partial charge is 0.282 e. The number of carbonyl (C=O) groups is 1. The highest BCUT2D eigenvalue weighted by molar-refractivity contribution is 8.77. The minimum absolute atomic E-state index is 0.285. The lowest BCUT2D eigenvalue weighted by Gasteiger charge is -1.97. The van der Waals surface area contributed by atoms with Gasteiger partial charge in [-0.2, -0.15) is 0 Å². The van der Waals surface area contributed by atoms with Crippen molar-refractivity contribution in [1.29, 1.82) is 0 Å². The van der Waals surface area contributed by atoms with E-state index in [1.807, 2.05) is 5.43 Å². The lowest BCUT2D eigenvalue weighted by molar-refractivity contribution is -0.117. The Labute approximate surface area is 60.1 Å². The SMILES string of the molecule is NNC(=O)C1=CSSN1. The van der Waals surface area contributed by atoms with Crippen LogP contribution in [0.2, 0.25) is 0 Å². The Morgan fingerprint density at radius 3 is 3.11 bits per heavy atom. The van der Waals surface area contributed by atoms with Crippen molar-refractivity contribution in [1.82, 2.24) is 10.1 Å². The molecule has 1 rings (SSSR count). The number of nitrogens with one attached hydrogen (secondary N) is 2. The van der Waals surface area contributed by atoms with Gasteiger partial charge in [0.25, 0.3) is 5.91 Å². The zero-order valence-electron chi connectivity index (χ0n) is 4.38. The second-order valence-corrected chi connectivity index (χ2v) is 3.16. The van der Waals surface area contributed by atoms with Crippen LogP contribution >= 0.6 is 21.8 Å². The van der Waals surface area contributed by atoms with Gasteiger partial charge in [0.1, 0.15) is 5.70 Å². The molecule has 0 fully saturated rings. The maximum Gasteiger partial charge on any atom is 0.282 e. The van der Waals surface area contributed by atoms with Gasteiger partial charge in [0, 0.05) is 16.4 Å². The molecule has 0 bridgehead atoms. The molecule has 0 unspecified atom stereocenters. The molecule has 0 aromatic carbocycles. The predicted octanol–water partition coefficient (Wildman–Crippen LogP) is -0.283. The molecule has 0 saturated carbocycles. The van der Waals surface area contributed by atoms with E-state index >= 15 is 0 Å². The molecule has 4 nitrogen and oxygen atoms in total. The highest BCUT2D eigenvalue weighted by atomic mass is 33.1. The molecule has 4 N–H and O–H groups in total. The standard InChI is InChI=1S/C3H5N3OS2/c4-5-3(7)2-1-8-9-6-2/h1,6H,4H2,(H,5,7). The summed E-state index contributed by atoms with van der Waals surface area (Å²) in [4.78, 5) is 10.6. The van der Waals surface area contributed by atoms with Gasteiger partial charge < -0.3 is 4.72 Å². The first kappa shape index (κ1) is 6.79. The van der Waals surface area contributed by atoms with Crippen molar-refractivity contribution >= 4 is 27.7 Å². The van der Waals surface area contributed by atoms with E-state index in [2.05, 4.69) is 4.72 Å².